The van der Waals surface area contributed by atoms with E-state index in [2.05, 4.69) is 34.4 Å². The van der Waals surface area contributed by atoms with Crippen molar-refractivity contribution in [2.75, 3.05) is 18.9 Å². The van der Waals surface area contributed by atoms with Crippen LogP contribution in [0.2, 0.25) is 0 Å². The SMILES string of the molecule is CNC(=O)c1cc(Oc2ccc3nc(NCC(C)C)oc3c2)ccn1. The van der Waals surface area contributed by atoms with Gasteiger partial charge in [-0.15, -0.1) is 0 Å². The van der Waals surface area contributed by atoms with Gasteiger partial charge in [-0.1, -0.05) is 13.8 Å². The van der Waals surface area contributed by atoms with E-state index in [1.54, 1.807) is 31.3 Å². The molecule has 2 N–H and O–H groups in total. The van der Waals surface area contributed by atoms with Crippen LogP contribution >= 0.6 is 0 Å². The fraction of sp³-hybridized carbons (Fsp3) is 0.278. The maximum atomic E-state index is 11.6. The summed E-state index contributed by atoms with van der Waals surface area (Å²) < 4.78 is 11.5. The van der Waals surface area contributed by atoms with Crippen molar-refractivity contribution in [2.24, 2.45) is 5.92 Å². The second-order valence-electron chi connectivity index (χ2n) is 5.98. The molecule has 0 bridgehead atoms. The van der Waals surface area contributed by atoms with Crippen LogP contribution < -0.4 is 15.4 Å². The van der Waals surface area contributed by atoms with Gasteiger partial charge in [-0.25, -0.2) is 0 Å². The monoisotopic (exact) mass is 340 g/mol. The van der Waals surface area contributed by atoms with Crippen LogP contribution in [0.25, 0.3) is 11.1 Å². The average molecular weight is 340 g/mol. The van der Waals surface area contributed by atoms with Crippen molar-refractivity contribution in [3.05, 3.63) is 42.2 Å². The molecule has 1 amide bonds. The zero-order valence-corrected chi connectivity index (χ0v) is 14.4. The van der Waals surface area contributed by atoms with Crippen molar-refractivity contribution in [3.63, 3.8) is 0 Å². The number of pyridine rings is 1. The van der Waals surface area contributed by atoms with Gasteiger partial charge in [0.25, 0.3) is 11.9 Å². The van der Waals surface area contributed by atoms with Gasteiger partial charge in [0.15, 0.2) is 5.58 Å². The summed E-state index contributed by atoms with van der Waals surface area (Å²) in [5.41, 5.74) is 1.67. The lowest BCUT2D eigenvalue weighted by Gasteiger charge is -2.06. The molecular weight excluding hydrogens is 320 g/mol. The molecule has 2 aromatic heterocycles. The molecule has 0 spiro atoms. The van der Waals surface area contributed by atoms with E-state index in [0.717, 1.165) is 12.1 Å². The van der Waals surface area contributed by atoms with E-state index < -0.39 is 0 Å². The Morgan fingerprint density at radius 2 is 2.04 bits per heavy atom. The zero-order valence-electron chi connectivity index (χ0n) is 14.4. The molecule has 3 rings (SSSR count). The van der Waals surface area contributed by atoms with Gasteiger partial charge in [0.1, 0.15) is 22.7 Å². The first-order valence-electron chi connectivity index (χ1n) is 8.05. The zero-order chi connectivity index (χ0) is 17.8. The van der Waals surface area contributed by atoms with Gasteiger partial charge in [-0.3, -0.25) is 9.78 Å². The molecular formula is C18H20N4O3. The first kappa shape index (κ1) is 16.8. The van der Waals surface area contributed by atoms with Crippen molar-refractivity contribution in [1.82, 2.24) is 15.3 Å². The standard InChI is InChI=1S/C18H20N4O3/c1-11(2)10-21-18-22-14-5-4-12(9-16(14)25-18)24-13-6-7-20-15(8-13)17(23)19-3/h4-9,11H,10H2,1-3H3,(H,19,23)(H,21,22). The molecule has 0 saturated heterocycles. The van der Waals surface area contributed by atoms with Crippen LogP contribution in [-0.2, 0) is 0 Å². The summed E-state index contributed by atoms with van der Waals surface area (Å²) in [6.45, 7) is 5.02. The van der Waals surface area contributed by atoms with Crippen LogP contribution in [0.5, 0.6) is 11.5 Å². The lowest BCUT2D eigenvalue weighted by Crippen LogP contribution is -2.18. The highest BCUT2D eigenvalue weighted by Crippen LogP contribution is 2.27. The van der Waals surface area contributed by atoms with Crippen molar-refractivity contribution in [1.29, 1.82) is 0 Å². The Morgan fingerprint density at radius 3 is 2.80 bits per heavy atom. The molecule has 3 aromatic rings. The first-order valence-corrected chi connectivity index (χ1v) is 8.05. The third-order valence-corrected chi connectivity index (χ3v) is 3.45. The van der Waals surface area contributed by atoms with Crippen LogP contribution in [0.1, 0.15) is 24.3 Å². The van der Waals surface area contributed by atoms with Crippen molar-refractivity contribution >= 4 is 23.0 Å². The summed E-state index contributed by atoms with van der Waals surface area (Å²) >= 11 is 0. The molecule has 0 radical (unpaired) electrons. The minimum absolute atomic E-state index is 0.267. The molecule has 0 aliphatic rings. The number of aromatic nitrogens is 2. The molecule has 0 aliphatic heterocycles. The molecule has 0 unspecified atom stereocenters. The van der Waals surface area contributed by atoms with E-state index in [1.807, 2.05) is 6.07 Å². The third-order valence-electron chi connectivity index (χ3n) is 3.45. The highest BCUT2D eigenvalue weighted by molar-refractivity contribution is 5.92. The predicted octanol–water partition coefficient (Wildman–Crippen LogP) is 3.44. The fourth-order valence-corrected chi connectivity index (χ4v) is 2.20. The van der Waals surface area contributed by atoms with Crippen molar-refractivity contribution in [2.45, 2.75) is 13.8 Å². The number of amides is 1. The van der Waals surface area contributed by atoms with E-state index in [9.17, 15) is 4.79 Å². The number of hydrogen-bond acceptors (Lipinski definition) is 6. The minimum Gasteiger partial charge on any atom is -0.457 e. The summed E-state index contributed by atoms with van der Waals surface area (Å²) in [6.07, 6.45) is 1.53. The van der Waals surface area contributed by atoms with Gasteiger partial charge in [0.2, 0.25) is 0 Å². The topological polar surface area (TPSA) is 89.3 Å². The molecule has 7 heteroatoms. The summed E-state index contributed by atoms with van der Waals surface area (Å²) in [6, 6.07) is 9.16. The number of nitrogens with zero attached hydrogens (tertiary/aromatic N) is 2. The van der Waals surface area contributed by atoms with Crippen molar-refractivity contribution in [3.8, 4) is 11.5 Å². The number of nitrogens with one attached hydrogen (secondary N) is 2. The van der Waals surface area contributed by atoms with Gasteiger partial charge < -0.3 is 19.8 Å². The van der Waals surface area contributed by atoms with Crippen molar-refractivity contribution < 1.29 is 13.9 Å². The Morgan fingerprint density at radius 1 is 1.24 bits per heavy atom. The molecule has 1 aromatic carbocycles. The molecule has 2 heterocycles. The maximum Gasteiger partial charge on any atom is 0.295 e. The summed E-state index contributed by atoms with van der Waals surface area (Å²) in [7, 11) is 1.56. The quantitative estimate of drug-likeness (QED) is 0.714. The molecule has 25 heavy (non-hydrogen) atoms. The highest BCUT2D eigenvalue weighted by Gasteiger charge is 2.10. The molecule has 7 nitrogen and oxygen atoms in total. The average Bonchev–Trinajstić information content (AvgIpc) is 3.01. The Balaban J connectivity index is 1.79. The predicted molar refractivity (Wildman–Crippen MR) is 95.0 cm³/mol. The Hall–Kier alpha value is -3.09. The van der Waals surface area contributed by atoms with E-state index in [0.29, 0.717) is 34.7 Å². The molecule has 0 fully saturated rings. The maximum absolute atomic E-state index is 11.6. The second-order valence-corrected chi connectivity index (χ2v) is 5.98. The van der Waals surface area contributed by atoms with Gasteiger partial charge in [0.05, 0.1) is 0 Å². The minimum atomic E-state index is -0.267. The van der Waals surface area contributed by atoms with Gasteiger partial charge in [-0.2, -0.15) is 4.98 Å². The lowest BCUT2D eigenvalue weighted by atomic mass is 10.2. The summed E-state index contributed by atoms with van der Waals surface area (Å²) in [5.74, 6) is 1.34. The lowest BCUT2D eigenvalue weighted by molar-refractivity contribution is 0.0958. The number of carbonyl (C=O) groups is 1. The van der Waals surface area contributed by atoms with E-state index in [-0.39, 0.29) is 5.91 Å². The Kier molecular flexibility index (Phi) is 4.83. The summed E-state index contributed by atoms with van der Waals surface area (Å²) in [5, 5.41) is 5.69. The third kappa shape index (κ3) is 4.06. The molecule has 0 atom stereocenters. The molecule has 0 saturated carbocycles. The summed E-state index contributed by atoms with van der Waals surface area (Å²) in [4.78, 5) is 20.0. The number of oxazole rings is 1. The smallest absolute Gasteiger partial charge is 0.295 e. The van der Waals surface area contributed by atoms with Gasteiger partial charge in [0, 0.05) is 31.9 Å². The van der Waals surface area contributed by atoms with Gasteiger partial charge >= 0.3 is 0 Å². The first-order chi connectivity index (χ1) is 12.0. The van der Waals surface area contributed by atoms with Gasteiger partial charge in [-0.05, 0) is 24.1 Å². The molecule has 130 valence electrons. The van der Waals surface area contributed by atoms with E-state index in [4.69, 9.17) is 9.15 Å². The largest absolute Gasteiger partial charge is 0.457 e. The fourth-order valence-electron chi connectivity index (χ4n) is 2.20. The molecule has 0 aliphatic carbocycles. The number of anilines is 1. The number of rotatable bonds is 6. The van der Waals surface area contributed by atoms with Crippen LogP contribution in [0.3, 0.4) is 0 Å². The number of carbonyl (C=O) groups excluding carboxylic acids is 1. The van der Waals surface area contributed by atoms with Crippen LogP contribution in [0.15, 0.2) is 40.9 Å². The van der Waals surface area contributed by atoms with E-state index >= 15 is 0 Å². The number of fused-ring (bicyclic) bond motifs is 1. The normalized spacial score (nSPS) is 10.9. The van der Waals surface area contributed by atoms with Crippen LogP contribution in [-0.4, -0.2) is 29.5 Å². The second kappa shape index (κ2) is 7.21. The van der Waals surface area contributed by atoms with Crippen LogP contribution in [0, 0.1) is 5.92 Å². The Bertz CT molecular complexity index is 889. The Labute approximate surface area is 145 Å². The van der Waals surface area contributed by atoms with Crippen LogP contribution in [0.4, 0.5) is 6.01 Å². The van der Waals surface area contributed by atoms with E-state index in [1.165, 1.54) is 6.20 Å². The number of benzene rings is 1. The number of hydrogen-bond donors (Lipinski definition) is 2. The number of ether oxygens (including phenoxy) is 1. The highest BCUT2D eigenvalue weighted by atomic mass is 16.5.